The van der Waals surface area contributed by atoms with Crippen LogP contribution in [0.2, 0.25) is 0 Å². The van der Waals surface area contributed by atoms with E-state index in [0.29, 0.717) is 12.8 Å². The van der Waals surface area contributed by atoms with Gasteiger partial charge in [0.1, 0.15) is 5.54 Å². The molecule has 1 fully saturated rings. The number of carbonyl (C=O) groups is 2. The Balaban J connectivity index is 2.06. The van der Waals surface area contributed by atoms with Crippen LogP contribution in [0.4, 0.5) is 4.79 Å². The summed E-state index contributed by atoms with van der Waals surface area (Å²) in [6.45, 7) is 1.91. The van der Waals surface area contributed by atoms with Gasteiger partial charge in [0.25, 0.3) is 5.91 Å². The lowest BCUT2D eigenvalue weighted by atomic mass is 9.89. The van der Waals surface area contributed by atoms with Crippen LogP contribution in [-0.4, -0.2) is 17.5 Å². The molecule has 0 aliphatic carbocycles. The number of hydrogen-bond donors (Lipinski definition) is 2. The van der Waals surface area contributed by atoms with E-state index in [1.54, 1.807) is 0 Å². The summed E-state index contributed by atoms with van der Waals surface area (Å²) < 4.78 is 0. The number of carbonyl (C=O) groups excluding carboxylic acids is 2. The highest BCUT2D eigenvalue weighted by atomic mass is 16.2. The molecule has 0 unspecified atom stereocenters. The van der Waals surface area contributed by atoms with Gasteiger partial charge in [-0.25, -0.2) is 4.79 Å². The normalized spacial score (nSPS) is 23.4. The molecule has 2 N–H and O–H groups in total. The molecule has 4 nitrogen and oxygen atoms in total. The molecule has 17 heavy (non-hydrogen) atoms. The van der Waals surface area contributed by atoms with Gasteiger partial charge < -0.3 is 5.32 Å². The fraction of sp³-hybridized carbons (Fsp3) is 0.385. The zero-order valence-electron chi connectivity index (χ0n) is 9.82. The first kappa shape index (κ1) is 11.6. The van der Waals surface area contributed by atoms with E-state index in [1.165, 1.54) is 5.56 Å². The number of imide groups is 1. The van der Waals surface area contributed by atoms with Crippen LogP contribution in [0.25, 0.3) is 0 Å². The van der Waals surface area contributed by atoms with E-state index in [0.717, 1.165) is 6.42 Å². The Kier molecular flexibility index (Phi) is 3.13. The molecule has 0 bridgehead atoms. The first-order chi connectivity index (χ1) is 8.16. The predicted molar refractivity (Wildman–Crippen MR) is 64.5 cm³/mol. The van der Waals surface area contributed by atoms with E-state index in [2.05, 4.69) is 10.6 Å². The summed E-state index contributed by atoms with van der Waals surface area (Å²) in [5, 5.41) is 5.04. The third-order valence-electron chi connectivity index (χ3n) is 3.30. The Morgan fingerprint density at radius 1 is 1.18 bits per heavy atom. The van der Waals surface area contributed by atoms with E-state index in [-0.39, 0.29) is 11.9 Å². The van der Waals surface area contributed by atoms with Crippen LogP contribution in [0.5, 0.6) is 0 Å². The molecule has 90 valence electrons. The van der Waals surface area contributed by atoms with Gasteiger partial charge in [-0.2, -0.15) is 0 Å². The van der Waals surface area contributed by atoms with Gasteiger partial charge in [0.15, 0.2) is 0 Å². The number of amides is 3. The lowest BCUT2D eigenvalue weighted by molar-refractivity contribution is -0.124. The summed E-state index contributed by atoms with van der Waals surface area (Å²) in [5.74, 6) is -0.207. The van der Waals surface area contributed by atoms with E-state index in [4.69, 9.17) is 0 Å². The third-order valence-corrected chi connectivity index (χ3v) is 3.30. The number of nitrogens with one attached hydrogen (secondary N) is 2. The zero-order chi connectivity index (χ0) is 12.3. The van der Waals surface area contributed by atoms with Crippen molar-refractivity contribution in [2.45, 2.75) is 31.7 Å². The summed E-state index contributed by atoms with van der Waals surface area (Å²) >= 11 is 0. The molecule has 1 heterocycles. The Hall–Kier alpha value is -1.84. The molecule has 1 atom stereocenters. The molecule has 4 heteroatoms. The van der Waals surface area contributed by atoms with Crippen molar-refractivity contribution in [2.24, 2.45) is 0 Å². The predicted octanol–water partition coefficient (Wildman–Crippen LogP) is 1.61. The Bertz CT molecular complexity index is 430. The number of benzene rings is 1. The van der Waals surface area contributed by atoms with E-state index >= 15 is 0 Å². The van der Waals surface area contributed by atoms with E-state index < -0.39 is 5.54 Å². The Labute approximate surface area is 100 Å². The van der Waals surface area contributed by atoms with E-state index in [1.807, 2.05) is 37.3 Å². The smallest absolute Gasteiger partial charge is 0.322 e. The van der Waals surface area contributed by atoms with Gasteiger partial charge in [0, 0.05) is 0 Å². The van der Waals surface area contributed by atoms with Crippen molar-refractivity contribution in [1.29, 1.82) is 0 Å². The van der Waals surface area contributed by atoms with Crippen molar-refractivity contribution in [2.75, 3.05) is 0 Å². The number of rotatable bonds is 4. The van der Waals surface area contributed by atoms with Crippen molar-refractivity contribution >= 4 is 11.9 Å². The van der Waals surface area contributed by atoms with Crippen LogP contribution >= 0.6 is 0 Å². The minimum atomic E-state index is -0.729. The van der Waals surface area contributed by atoms with Gasteiger partial charge >= 0.3 is 6.03 Å². The molecule has 0 saturated carbocycles. The van der Waals surface area contributed by atoms with Crippen LogP contribution in [0.3, 0.4) is 0 Å². The van der Waals surface area contributed by atoms with Gasteiger partial charge in [0.2, 0.25) is 0 Å². The summed E-state index contributed by atoms with van der Waals surface area (Å²) in [4.78, 5) is 23.0. The number of urea groups is 1. The van der Waals surface area contributed by atoms with Crippen LogP contribution in [-0.2, 0) is 11.2 Å². The number of hydrogen-bond acceptors (Lipinski definition) is 2. The Morgan fingerprint density at radius 3 is 2.41 bits per heavy atom. The highest BCUT2D eigenvalue weighted by Gasteiger charge is 2.43. The maximum absolute atomic E-state index is 11.8. The minimum Gasteiger partial charge on any atom is -0.323 e. The van der Waals surface area contributed by atoms with Gasteiger partial charge in [-0.15, -0.1) is 0 Å². The van der Waals surface area contributed by atoms with Crippen LogP contribution in [0.1, 0.15) is 25.3 Å². The van der Waals surface area contributed by atoms with Gasteiger partial charge in [-0.3, -0.25) is 10.1 Å². The molecule has 0 aromatic heterocycles. The van der Waals surface area contributed by atoms with Crippen LogP contribution < -0.4 is 10.6 Å². The third kappa shape index (κ3) is 2.30. The molecule has 3 amide bonds. The van der Waals surface area contributed by atoms with Crippen molar-refractivity contribution in [1.82, 2.24) is 10.6 Å². The largest absolute Gasteiger partial charge is 0.323 e. The van der Waals surface area contributed by atoms with Crippen molar-refractivity contribution in [3.8, 4) is 0 Å². The molecule has 2 rings (SSSR count). The minimum absolute atomic E-state index is 0.207. The first-order valence-corrected chi connectivity index (χ1v) is 5.84. The standard InChI is InChI=1S/C13H16N2O2/c1-2-13(11(16)14-12(17)15-13)9-8-10-6-4-3-5-7-10/h3-7H,2,8-9H2,1H3,(H2,14,15,16,17)/t13-/m0/s1. The Morgan fingerprint density at radius 2 is 1.88 bits per heavy atom. The van der Waals surface area contributed by atoms with Crippen molar-refractivity contribution < 1.29 is 9.59 Å². The summed E-state index contributed by atoms with van der Waals surface area (Å²) in [7, 11) is 0. The van der Waals surface area contributed by atoms with Crippen LogP contribution in [0.15, 0.2) is 30.3 Å². The average molecular weight is 232 g/mol. The highest BCUT2D eigenvalue weighted by molar-refractivity contribution is 6.06. The summed E-state index contributed by atoms with van der Waals surface area (Å²) in [5.41, 5.74) is 0.446. The average Bonchev–Trinajstić information content (AvgIpc) is 2.63. The molecule has 1 aliphatic rings. The first-order valence-electron chi connectivity index (χ1n) is 5.84. The van der Waals surface area contributed by atoms with E-state index in [9.17, 15) is 9.59 Å². The summed E-state index contributed by atoms with van der Waals surface area (Å²) in [6.07, 6.45) is 2.02. The van der Waals surface area contributed by atoms with Crippen LogP contribution in [0, 0.1) is 0 Å². The molecule has 0 radical (unpaired) electrons. The van der Waals surface area contributed by atoms with Crippen molar-refractivity contribution in [3.63, 3.8) is 0 Å². The molecular weight excluding hydrogens is 216 g/mol. The zero-order valence-corrected chi connectivity index (χ0v) is 9.82. The fourth-order valence-electron chi connectivity index (χ4n) is 2.13. The quantitative estimate of drug-likeness (QED) is 0.775. The summed E-state index contributed by atoms with van der Waals surface area (Å²) in [6, 6.07) is 9.58. The van der Waals surface area contributed by atoms with Crippen molar-refractivity contribution in [3.05, 3.63) is 35.9 Å². The second-order valence-electron chi connectivity index (χ2n) is 4.33. The van der Waals surface area contributed by atoms with Gasteiger partial charge in [-0.1, -0.05) is 37.3 Å². The lowest BCUT2D eigenvalue weighted by Gasteiger charge is -2.24. The lowest BCUT2D eigenvalue weighted by Crippen LogP contribution is -2.46. The fourth-order valence-corrected chi connectivity index (χ4v) is 2.13. The number of aryl methyl sites for hydroxylation is 1. The highest BCUT2D eigenvalue weighted by Crippen LogP contribution is 2.22. The monoisotopic (exact) mass is 232 g/mol. The topological polar surface area (TPSA) is 58.2 Å². The molecule has 1 aromatic carbocycles. The second-order valence-corrected chi connectivity index (χ2v) is 4.33. The molecule has 1 saturated heterocycles. The van der Waals surface area contributed by atoms with Gasteiger partial charge in [0.05, 0.1) is 0 Å². The van der Waals surface area contributed by atoms with Gasteiger partial charge in [-0.05, 0) is 24.8 Å². The molecular formula is C13H16N2O2. The maximum Gasteiger partial charge on any atom is 0.322 e. The maximum atomic E-state index is 11.8. The molecule has 0 spiro atoms. The SMILES string of the molecule is CC[C@@]1(CCc2ccccc2)NC(=O)NC1=O. The molecule has 1 aromatic rings. The molecule has 1 aliphatic heterocycles. The second kappa shape index (κ2) is 4.57.